The van der Waals surface area contributed by atoms with E-state index in [0.717, 1.165) is 11.1 Å². The van der Waals surface area contributed by atoms with E-state index in [1.807, 2.05) is 6.92 Å². The second-order valence-corrected chi connectivity index (χ2v) is 6.08. The first-order chi connectivity index (χ1) is 8.11. The summed E-state index contributed by atoms with van der Waals surface area (Å²) in [6, 6.07) is 0. The second-order valence-electron chi connectivity index (χ2n) is 6.08. The zero-order valence-electron chi connectivity index (χ0n) is 12.7. The van der Waals surface area contributed by atoms with Crippen molar-refractivity contribution in [3.63, 3.8) is 0 Å². The third-order valence-corrected chi connectivity index (χ3v) is 2.88. The molecule has 0 heterocycles. The van der Waals surface area contributed by atoms with Gasteiger partial charge in [0.25, 0.3) is 5.91 Å². The first kappa shape index (κ1) is 16.7. The van der Waals surface area contributed by atoms with E-state index in [9.17, 15) is 4.79 Å². The van der Waals surface area contributed by atoms with E-state index >= 15 is 0 Å². The Morgan fingerprint density at radius 2 is 1.83 bits per heavy atom. The quantitative estimate of drug-likeness (QED) is 0.581. The fourth-order valence-electron chi connectivity index (χ4n) is 1.53. The molecular formula is C16H27NO. The van der Waals surface area contributed by atoms with Crippen LogP contribution in [0.25, 0.3) is 0 Å². The zero-order valence-corrected chi connectivity index (χ0v) is 12.7. The Bertz CT molecular complexity index is 367. The summed E-state index contributed by atoms with van der Waals surface area (Å²) in [5.41, 5.74) is 2.46. The molecule has 0 rings (SSSR count). The summed E-state index contributed by atoms with van der Waals surface area (Å²) in [6.07, 6.45) is 1.61. The van der Waals surface area contributed by atoms with Crippen molar-refractivity contribution < 1.29 is 4.79 Å². The van der Waals surface area contributed by atoms with Crippen LogP contribution in [0.3, 0.4) is 0 Å². The van der Waals surface area contributed by atoms with Crippen molar-refractivity contribution in [3.05, 3.63) is 36.0 Å². The fourth-order valence-corrected chi connectivity index (χ4v) is 1.53. The highest BCUT2D eigenvalue weighted by atomic mass is 16.1. The lowest BCUT2D eigenvalue weighted by atomic mass is 9.82. The van der Waals surface area contributed by atoms with Crippen LogP contribution < -0.4 is 5.32 Å². The van der Waals surface area contributed by atoms with Crippen LogP contribution in [0.1, 0.15) is 41.5 Å². The number of amides is 1. The number of hydrogen-bond donors (Lipinski definition) is 1. The van der Waals surface area contributed by atoms with Gasteiger partial charge in [-0.1, -0.05) is 53.9 Å². The Hall–Kier alpha value is -1.31. The third kappa shape index (κ3) is 4.91. The van der Waals surface area contributed by atoms with Crippen molar-refractivity contribution in [2.75, 3.05) is 6.54 Å². The number of rotatable bonds is 5. The fraction of sp³-hybridized carbons (Fsp3) is 0.562. The van der Waals surface area contributed by atoms with Crippen LogP contribution in [-0.4, -0.2) is 12.5 Å². The molecule has 0 aromatic rings. The first-order valence-electron chi connectivity index (χ1n) is 6.42. The minimum absolute atomic E-state index is 0.0450. The van der Waals surface area contributed by atoms with Gasteiger partial charge in [0, 0.05) is 12.1 Å². The van der Waals surface area contributed by atoms with Crippen LogP contribution in [0, 0.1) is 11.3 Å². The van der Waals surface area contributed by atoms with Crippen molar-refractivity contribution in [2.45, 2.75) is 41.5 Å². The van der Waals surface area contributed by atoms with E-state index in [2.05, 4.69) is 53.1 Å². The normalized spacial score (nSPS) is 13.1. The van der Waals surface area contributed by atoms with Gasteiger partial charge in [-0.3, -0.25) is 4.79 Å². The SMILES string of the molecule is C=C/C(C(=O)NCC(C)C)=C(/C)C(=C)C(C)(C)C. The Balaban J connectivity index is 5.11. The largest absolute Gasteiger partial charge is 0.352 e. The van der Waals surface area contributed by atoms with E-state index in [-0.39, 0.29) is 11.3 Å². The molecule has 1 N–H and O–H groups in total. The van der Waals surface area contributed by atoms with Gasteiger partial charge >= 0.3 is 0 Å². The van der Waals surface area contributed by atoms with Crippen molar-refractivity contribution in [3.8, 4) is 0 Å². The predicted octanol–water partition coefficient (Wildman–Crippen LogP) is 3.86. The summed E-state index contributed by atoms with van der Waals surface area (Å²) in [5.74, 6) is 0.368. The molecule has 2 nitrogen and oxygen atoms in total. The number of carbonyl (C=O) groups is 1. The summed E-state index contributed by atoms with van der Waals surface area (Å²) >= 11 is 0. The number of hydrogen-bond acceptors (Lipinski definition) is 1. The Kier molecular flexibility index (Phi) is 6.10. The molecule has 0 fully saturated rings. The molecule has 0 saturated heterocycles. The lowest BCUT2D eigenvalue weighted by molar-refractivity contribution is -0.117. The predicted molar refractivity (Wildman–Crippen MR) is 79.3 cm³/mol. The lowest BCUT2D eigenvalue weighted by Crippen LogP contribution is -2.29. The van der Waals surface area contributed by atoms with Gasteiger partial charge in [0.05, 0.1) is 0 Å². The maximum Gasteiger partial charge on any atom is 0.251 e. The first-order valence-corrected chi connectivity index (χ1v) is 6.42. The molecule has 0 aromatic carbocycles. The Labute approximate surface area is 112 Å². The Morgan fingerprint density at radius 3 is 2.17 bits per heavy atom. The molecular weight excluding hydrogens is 222 g/mol. The van der Waals surface area contributed by atoms with E-state index in [1.54, 1.807) is 6.08 Å². The standard InChI is InChI=1S/C16H27NO/c1-9-14(15(18)17-10-11(2)3)12(4)13(5)16(6,7)8/h9,11H,1,5,10H2,2-4,6-8H3,(H,17,18)/b14-12+. The number of allylic oxidation sites excluding steroid dienone is 2. The molecule has 0 aromatic heterocycles. The van der Waals surface area contributed by atoms with E-state index in [4.69, 9.17) is 0 Å². The topological polar surface area (TPSA) is 29.1 Å². The van der Waals surface area contributed by atoms with Gasteiger partial charge in [-0.15, -0.1) is 0 Å². The highest BCUT2D eigenvalue weighted by Gasteiger charge is 2.20. The number of nitrogens with one attached hydrogen (secondary N) is 1. The molecule has 0 bridgehead atoms. The minimum Gasteiger partial charge on any atom is -0.352 e. The van der Waals surface area contributed by atoms with Crippen LogP contribution in [0.4, 0.5) is 0 Å². The van der Waals surface area contributed by atoms with Crippen molar-refractivity contribution in [1.82, 2.24) is 5.32 Å². The summed E-state index contributed by atoms with van der Waals surface area (Å²) in [4.78, 5) is 12.1. The van der Waals surface area contributed by atoms with Crippen molar-refractivity contribution in [1.29, 1.82) is 0 Å². The minimum atomic E-state index is -0.0680. The van der Waals surface area contributed by atoms with Gasteiger partial charge in [0.1, 0.15) is 0 Å². The second kappa shape index (κ2) is 6.58. The van der Waals surface area contributed by atoms with Gasteiger partial charge in [0.2, 0.25) is 0 Å². The van der Waals surface area contributed by atoms with Gasteiger partial charge < -0.3 is 5.32 Å². The number of carbonyl (C=O) groups excluding carboxylic acids is 1. The van der Waals surface area contributed by atoms with E-state index < -0.39 is 0 Å². The molecule has 0 atom stereocenters. The van der Waals surface area contributed by atoms with Gasteiger partial charge in [-0.05, 0) is 29.4 Å². The zero-order chi connectivity index (χ0) is 14.5. The molecule has 0 unspecified atom stereocenters. The molecule has 0 radical (unpaired) electrons. The molecule has 0 aliphatic carbocycles. The van der Waals surface area contributed by atoms with Crippen molar-refractivity contribution in [2.24, 2.45) is 11.3 Å². The van der Waals surface area contributed by atoms with E-state index in [0.29, 0.717) is 18.0 Å². The molecule has 18 heavy (non-hydrogen) atoms. The average molecular weight is 249 g/mol. The molecule has 0 spiro atoms. The average Bonchev–Trinajstić information content (AvgIpc) is 2.24. The van der Waals surface area contributed by atoms with Crippen LogP contribution in [-0.2, 0) is 4.79 Å². The van der Waals surface area contributed by atoms with E-state index in [1.165, 1.54) is 0 Å². The molecule has 0 aliphatic rings. The monoisotopic (exact) mass is 249 g/mol. The van der Waals surface area contributed by atoms with Crippen LogP contribution >= 0.6 is 0 Å². The van der Waals surface area contributed by atoms with Gasteiger partial charge in [0.15, 0.2) is 0 Å². The van der Waals surface area contributed by atoms with Gasteiger partial charge in [-0.2, -0.15) is 0 Å². The molecule has 1 amide bonds. The maximum absolute atomic E-state index is 12.1. The third-order valence-electron chi connectivity index (χ3n) is 2.88. The Morgan fingerprint density at radius 1 is 1.33 bits per heavy atom. The molecule has 0 saturated carbocycles. The summed E-state index contributed by atoms with van der Waals surface area (Å²) < 4.78 is 0. The molecule has 2 heteroatoms. The smallest absolute Gasteiger partial charge is 0.251 e. The molecule has 0 aliphatic heterocycles. The highest BCUT2D eigenvalue weighted by Crippen LogP contribution is 2.31. The summed E-state index contributed by atoms with van der Waals surface area (Å²) in [6.45, 7) is 20.8. The van der Waals surface area contributed by atoms with Crippen LogP contribution in [0.5, 0.6) is 0 Å². The van der Waals surface area contributed by atoms with Crippen LogP contribution in [0.2, 0.25) is 0 Å². The maximum atomic E-state index is 12.1. The lowest BCUT2D eigenvalue weighted by Gasteiger charge is -2.24. The van der Waals surface area contributed by atoms with Gasteiger partial charge in [-0.25, -0.2) is 0 Å². The summed E-state index contributed by atoms with van der Waals surface area (Å²) in [5, 5.41) is 2.91. The van der Waals surface area contributed by atoms with Crippen molar-refractivity contribution >= 4 is 5.91 Å². The summed E-state index contributed by atoms with van der Waals surface area (Å²) in [7, 11) is 0. The highest BCUT2D eigenvalue weighted by molar-refractivity contribution is 5.97. The van der Waals surface area contributed by atoms with Crippen LogP contribution in [0.15, 0.2) is 36.0 Å². The molecule has 102 valence electrons.